The Morgan fingerprint density at radius 3 is 2.57 bits per heavy atom. The summed E-state index contributed by atoms with van der Waals surface area (Å²) in [6, 6.07) is 8.75. The number of nitrogens with zero attached hydrogens (tertiary/aromatic N) is 2. The van der Waals surface area contributed by atoms with E-state index >= 15 is 0 Å². The molecule has 0 aliphatic heterocycles. The molecule has 1 aromatic carbocycles. The average Bonchev–Trinajstić information content (AvgIpc) is 2.48. The largest absolute Gasteiger partial charge is 0.367 e. The number of hydrogen-bond acceptors (Lipinski definition) is 3. The number of halogens is 1. The molecule has 1 N–H and O–H groups in total. The molecule has 2 rings (SSSR count). The lowest BCUT2D eigenvalue weighted by Gasteiger charge is -2.14. The first kappa shape index (κ1) is 15.1. The third-order valence-corrected chi connectivity index (χ3v) is 3.35. The van der Waals surface area contributed by atoms with Crippen LogP contribution in [0.1, 0.15) is 5.56 Å². The van der Waals surface area contributed by atoms with Crippen LogP contribution in [-0.4, -0.2) is 9.13 Å². The molecule has 1 aromatic heterocycles. The highest BCUT2D eigenvalue weighted by Crippen LogP contribution is 2.11. The van der Waals surface area contributed by atoms with Gasteiger partial charge in [0.25, 0.3) is 5.56 Å². The van der Waals surface area contributed by atoms with Gasteiger partial charge < -0.3 is 5.32 Å². The zero-order chi connectivity index (χ0) is 15.4. The molecule has 0 saturated heterocycles. The van der Waals surface area contributed by atoms with Crippen LogP contribution < -0.4 is 16.6 Å². The van der Waals surface area contributed by atoms with Crippen LogP contribution in [0, 0.1) is 0 Å². The minimum absolute atomic E-state index is 0.329. The molecule has 0 unspecified atom stereocenters. The molecule has 0 amide bonds. The number of allylic oxidation sites excluding steroid dienone is 1. The molecule has 0 bridgehead atoms. The van der Waals surface area contributed by atoms with Crippen LogP contribution in [0.15, 0.2) is 52.6 Å². The van der Waals surface area contributed by atoms with E-state index in [0.29, 0.717) is 23.9 Å². The van der Waals surface area contributed by atoms with Gasteiger partial charge in [0.1, 0.15) is 5.82 Å². The van der Waals surface area contributed by atoms with E-state index in [1.165, 1.54) is 17.7 Å². The molecule has 0 saturated carbocycles. The van der Waals surface area contributed by atoms with Crippen LogP contribution in [0.3, 0.4) is 0 Å². The summed E-state index contributed by atoms with van der Waals surface area (Å²) >= 11 is 5.83. The Bertz CT molecular complexity index is 760. The van der Waals surface area contributed by atoms with Gasteiger partial charge in [0.2, 0.25) is 0 Å². The lowest BCUT2D eigenvalue weighted by Crippen LogP contribution is -2.38. The van der Waals surface area contributed by atoms with E-state index in [2.05, 4.69) is 11.9 Å². The lowest BCUT2D eigenvalue weighted by molar-refractivity contribution is 0.658. The number of hydrogen-bond donors (Lipinski definition) is 1. The molecule has 0 aliphatic carbocycles. The molecule has 6 heteroatoms. The normalized spacial score (nSPS) is 10.4. The number of anilines is 1. The number of aromatic nitrogens is 2. The van der Waals surface area contributed by atoms with Crippen LogP contribution in [0.2, 0.25) is 5.02 Å². The first-order valence-corrected chi connectivity index (χ1v) is 6.81. The fourth-order valence-electron chi connectivity index (χ4n) is 1.92. The summed E-state index contributed by atoms with van der Waals surface area (Å²) in [5.74, 6) is 0.470. The molecule has 0 atom stereocenters. The molecule has 0 radical (unpaired) electrons. The Hall–Kier alpha value is -2.27. The summed E-state index contributed by atoms with van der Waals surface area (Å²) in [7, 11) is 1.45. The fourth-order valence-corrected chi connectivity index (χ4v) is 2.04. The van der Waals surface area contributed by atoms with E-state index in [1.807, 2.05) is 12.1 Å². The van der Waals surface area contributed by atoms with Crippen LogP contribution in [0.4, 0.5) is 5.82 Å². The van der Waals surface area contributed by atoms with Crippen molar-refractivity contribution in [3.05, 3.63) is 74.4 Å². The molecule has 1 heterocycles. The van der Waals surface area contributed by atoms with Crippen molar-refractivity contribution in [3.8, 4) is 0 Å². The summed E-state index contributed by atoms with van der Waals surface area (Å²) < 4.78 is 2.53. The third-order valence-electron chi connectivity index (χ3n) is 3.10. The van der Waals surface area contributed by atoms with Crippen molar-refractivity contribution in [3.63, 3.8) is 0 Å². The first-order valence-electron chi connectivity index (χ1n) is 6.43. The fraction of sp³-hybridized carbons (Fsp3) is 0.200. The Morgan fingerprint density at radius 2 is 1.95 bits per heavy atom. The summed E-state index contributed by atoms with van der Waals surface area (Å²) in [6.07, 6.45) is 1.61. The maximum Gasteiger partial charge on any atom is 0.332 e. The van der Waals surface area contributed by atoms with E-state index in [4.69, 9.17) is 11.6 Å². The van der Waals surface area contributed by atoms with Gasteiger partial charge in [-0.05, 0) is 17.7 Å². The summed E-state index contributed by atoms with van der Waals surface area (Å²) in [6.45, 7) is 4.45. The highest BCUT2D eigenvalue weighted by molar-refractivity contribution is 6.30. The van der Waals surface area contributed by atoms with Crippen molar-refractivity contribution < 1.29 is 0 Å². The molecule has 110 valence electrons. The Labute approximate surface area is 127 Å². The van der Waals surface area contributed by atoms with E-state index in [9.17, 15) is 9.59 Å². The van der Waals surface area contributed by atoms with Crippen LogP contribution in [0.5, 0.6) is 0 Å². The predicted octanol–water partition coefficient (Wildman–Crippen LogP) is 2.00. The van der Waals surface area contributed by atoms with E-state index in [0.717, 1.165) is 10.1 Å². The predicted molar refractivity (Wildman–Crippen MR) is 84.9 cm³/mol. The van der Waals surface area contributed by atoms with Crippen LogP contribution in [-0.2, 0) is 20.1 Å². The number of nitrogens with one attached hydrogen (secondary N) is 1. The van der Waals surface area contributed by atoms with Gasteiger partial charge in [-0.15, -0.1) is 6.58 Å². The van der Waals surface area contributed by atoms with Gasteiger partial charge in [0.15, 0.2) is 0 Å². The zero-order valence-electron chi connectivity index (χ0n) is 11.7. The molecule has 5 nitrogen and oxygen atoms in total. The Kier molecular flexibility index (Phi) is 4.65. The molecule has 0 spiro atoms. The number of benzene rings is 1. The molecule has 0 aliphatic rings. The van der Waals surface area contributed by atoms with Crippen LogP contribution in [0.25, 0.3) is 0 Å². The van der Waals surface area contributed by atoms with Crippen LogP contribution >= 0.6 is 11.6 Å². The molecular formula is C15H16ClN3O2. The van der Waals surface area contributed by atoms with Crippen molar-refractivity contribution in [1.82, 2.24) is 9.13 Å². The van der Waals surface area contributed by atoms with Gasteiger partial charge in [-0.25, -0.2) is 4.79 Å². The molecular weight excluding hydrogens is 290 g/mol. The second-order valence-corrected chi connectivity index (χ2v) is 5.03. The van der Waals surface area contributed by atoms with Crippen molar-refractivity contribution in [1.29, 1.82) is 0 Å². The van der Waals surface area contributed by atoms with E-state index in [-0.39, 0.29) is 11.2 Å². The third kappa shape index (κ3) is 3.44. The minimum Gasteiger partial charge on any atom is -0.367 e. The average molecular weight is 306 g/mol. The lowest BCUT2D eigenvalue weighted by atomic mass is 10.2. The second kappa shape index (κ2) is 6.45. The quantitative estimate of drug-likeness (QED) is 0.860. The van der Waals surface area contributed by atoms with Crippen molar-refractivity contribution in [2.45, 2.75) is 13.1 Å². The minimum atomic E-state index is -0.374. The van der Waals surface area contributed by atoms with Gasteiger partial charge >= 0.3 is 5.69 Å². The van der Waals surface area contributed by atoms with E-state index < -0.39 is 0 Å². The molecule has 21 heavy (non-hydrogen) atoms. The van der Waals surface area contributed by atoms with Gasteiger partial charge in [-0.2, -0.15) is 0 Å². The Balaban J connectivity index is 2.30. The van der Waals surface area contributed by atoms with Gasteiger partial charge in [-0.1, -0.05) is 29.8 Å². The highest BCUT2D eigenvalue weighted by Gasteiger charge is 2.07. The SMILES string of the molecule is C=CCn1c(NCc2ccc(Cl)cc2)cc(=O)n(C)c1=O. The topological polar surface area (TPSA) is 56.0 Å². The highest BCUT2D eigenvalue weighted by atomic mass is 35.5. The van der Waals surface area contributed by atoms with Crippen molar-refractivity contribution in [2.75, 3.05) is 5.32 Å². The summed E-state index contributed by atoms with van der Waals surface area (Å²) in [5, 5.41) is 3.76. The molecule has 2 aromatic rings. The monoisotopic (exact) mass is 305 g/mol. The first-order chi connectivity index (χ1) is 10.0. The van der Waals surface area contributed by atoms with Crippen molar-refractivity contribution >= 4 is 17.4 Å². The second-order valence-electron chi connectivity index (χ2n) is 4.59. The standard InChI is InChI=1S/C15H16ClN3O2/c1-3-8-19-13(9-14(20)18(2)15(19)21)17-10-11-4-6-12(16)7-5-11/h3-7,9,17H,1,8,10H2,2H3. The maximum atomic E-state index is 12.1. The summed E-state index contributed by atoms with van der Waals surface area (Å²) in [5.41, 5.74) is 0.276. The Morgan fingerprint density at radius 1 is 1.29 bits per heavy atom. The van der Waals surface area contributed by atoms with Gasteiger partial charge in [0.05, 0.1) is 0 Å². The maximum absolute atomic E-state index is 12.1. The summed E-state index contributed by atoms with van der Waals surface area (Å²) in [4.78, 5) is 23.8. The molecule has 0 fully saturated rings. The van der Waals surface area contributed by atoms with Gasteiger partial charge in [0, 0.05) is 31.2 Å². The van der Waals surface area contributed by atoms with Crippen molar-refractivity contribution in [2.24, 2.45) is 7.05 Å². The zero-order valence-corrected chi connectivity index (χ0v) is 12.4. The number of rotatable bonds is 5. The van der Waals surface area contributed by atoms with E-state index in [1.54, 1.807) is 18.2 Å². The smallest absolute Gasteiger partial charge is 0.332 e. The van der Waals surface area contributed by atoms with Gasteiger partial charge in [-0.3, -0.25) is 13.9 Å².